The molecule has 1 aromatic rings. The van der Waals surface area contributed by atoms with Crippen LogP contribution in [0.25, 0.3) is 0 Å². The smallest absolute Gasteiger partial charge is 0.00781 e. The van der Waals surface area contributed by atoms with Crippen LogP contribution < -0.4 is 0 Å². The topological polar surface area (TPSA) is 0 Å². The van der Waals surface area contributed by atoms with E-state index in [1.54, 1.807) is 0 Å². The van der Waals surface area contributed by atoms with Crippen LogP contribution in [0.3, 0.4) is 0 Å². The number of rotatable bonds is 1. The van der Waals surface area contributed by atoms with Gasteiger partial charge in [0.1, 0.15) is 0 Å². The highest BCUT2D eigenvalue weighted by atomic mass is 32.1. The summed E-state index contributed by atoms with van der Waals surface area (Å²) in [7, 11) is 0. The second-order valence-electron chi connectivity index (χ2n) is 1.89. The van der Waals surface area contributed by atoms with Gasteiger partial charge in [0, 0.05) is 4.90 Å². The molecule has 1 aromatic carbocycles. The summed E-state index contributed by atoms with van der Waals surface area (Å²) in [5.74, 6) is 0. The van der Waals surface area contributed by atoms with E-state index >= 15 is 0 Å². The third kappa shape index (κ3) is 1.49. The Morgan fingerprint density at radius 2 is 2.44 bits per heavy atom. The van der Waals surface area contributed by atoms with E-state index in [0.717, 1.165) is 11.3 Å². The molecule has 0 unspecified atom stereocenters. The average Bonchev–Trinajstić information content (AvgIpc) is 1.89. The van der Waals surface area contributed by atoms with E-state index in [4.69, 9.17) is 0 Å². The van der Waals surface area contributed by atoms with Gasteiger partial charge in [0.25, 0.3) is 0 Å². The molecule has 0 nitrogen and oxygen atoms in total. The molecule has 9 heavy (non-hydrogen) atoms. The van der Waals surface area contributed by atoms with Crippen LogP contribution in [0.2, 0.25) is 0 Å². The Balaban J connectivity index is 3.01. The highest BCUT2D eigenvalue weighted by molar-refractivity contribution is 7.80. The van der Waals surface area contributed by atoms with Gasteiger partial charge in [-0.15, -0.1) is 12.6 Å². The van der Waals surface area contributed by atoms with Crippen LogP contribution in [-0.2, 0) is 6.42 Å². The molecule has 0 N–H and O–H groups in total. The molecule has 0 saturated heterocycles. The van der Waals surface area contributed by atoms with E-state index in [1.165, 1.54) is 5.56 Å². The van der Waals surface area contributed by atoms with Crippen LogP contribution in [0, 0.1) is 6.07 Å². The minimum Gasteiger partial charge on any atom is -0.143 e. The van der Waals surface area contributed by atoms with Crippen molar-refractivity contribution < 1.29 is 0 Å². The Morgan fingerprint density at radius 1 is 1.67 bits per heavy atom. The molecule has 0 amide bonds. The maximum atomic E-state index is 4.25. The summed E-state index contributed by atoms with van der Waals surface area (Å²) < 4.78 is 0. The zero-order valence-electron chi connectivity index (χ0n) is 5.39. The molecule has 0 saturated carbocycles. The lowest BCUT2D eigenvalue weighted by Crippen LogP contribution is -1.80. The molecule has 47 valence electrons. The minimum atomic E-state index is 1.01. The standard InChI is InChI=1S/C8H9S/c1-2-7-5-3-4-6-8(7)9/h3-4,6,9H,2H2,1H3. The normalized spacial score (nSPS) is 9.56. The van der Waals surface area contributed by atoms with Crippen molar-refractivity contribution in [3.63, 3.8) is 0 Å². The number of aryl methyl sites for hydroxylation is 1. The molecule has 1 radical (unpaired) electrons. The van der Waals surface area contributed by atoms with Gasteiger partial charge in [-0.1, -0.05) is 19.1 Å². The molecule has 0 bridgehead atoms. The summed E-state index contributed by atoms with van der Waals surface area (Å²) in [6.07, 6.45) is 1.01. The van der Waals surface area contributed by atoms with E-state index in [1.807, 2.05) is 18.2 Å². The molecule has 0 aliphatic rings. The largest absolute Gasteiger partial charge is 0.143 e. The summed E-state index contributed by atoms with van der Waals surface area (Å²) in [6, 6.07) is 8.96. The van der Waals surface area contributed by atoms with Crippen molar-refractivity contribution in [2.45, 2.75) is 18.2 Å². The van der Waals surface area contributed by atoms with Crippen molar-refractivity contribution in [3.05, 3.63) is 29.8 Å². The Hall–Kier alpha value is -0.430. The van der Waals surface area contributed by atoms with E-state index in [9.17, 15) is 0 Å². The monoisotopic (exact) mass is 137 g/mol. The first-order chi connectivity index (χ1) is 4.34. The maximum Gasteiger partial charge on any atom is 0.00781 e. The molecule has 0 heterocycles. The highest BCUT2D eigenvalue weighted by Gasteiger charge is 1.91. The zero-order valence-corrected chi connectivity index (χ0v) is 6.28. The van der Waals surface area contributed by atoms with Gasteiger partial charge in [-0.05, 0) is 24.1 Å². The van der Waals surface area contributed by atoms with Gasteiger partial charge in [0.2, 0.25) is 0 Å². The lowest BCUT2D eigenvalue weighted by Gasteiger charge is -1.96. The third-order valence-corrected chi connectivity index (χ3v) is 1.69. The fourth-order valence-corrected chi connectivity index (χ4v) is 1.05. The van der Waals surface area contributed by atoms with Gasteiger partial charge in [-0.2, -0.15) is 0 Å². The summed E-state index contributed by atoms with van der Waals surface area (Å²) >= 11 is 4.25. The molecule has 1 heteroatoms. The molecular weight excluding hydrogens is 128 g/mol. The fraction of sp³-hybridized carbons (Fsp3) is 0.250. The van der Waals surface area contributed by atoms with Crippen molar-refractivity contribution in [1.82, 2.24) is 0 Å². The van der Waals surface area contributed by atoms with Gasteiger partial charge >= 0.3 is 0 Å². The molecular formula is C8H9S. The van der Waals surface area contributed by atoms with Crippen LogP contribution in [0.1, 0.15) is 12.5 Å². The second kappa shape index (κ2) is 2.92. The number of benzene rings is 1. The predicted molar refractivity (Wildman–Crippen MR) is 41.9 cm³/mol. The van der Waals surface area contributed by atoms with Gasteiger partial charge in [0.15, 0.2) is 0 Å². The Morgan fingerprint density at radius 3 is 2.89 bits per heavy atom. The number of hydrogen-bond donors (Lipinski definition) is 1. The van der Waals surface area contributed by atoms with Gasteiger partial charge in [-0.25, -0.2) is 0 Å². The Bertz CT molecular complexity index is 194. The number of hydrogen-bond acceptors (Lipinski definition) is 1. The zero-order chi connectivity index (χ0) is 6.69. The summed E-state index contributed by atoms with van der Waals surface area (Å²) in [6.45, 7) is 2.10. The van der Waals surface area contributed by atoms with Gasteiger partial charge in [-0.3, -0.25) is 0 Å². The molecule has 1 rings (SSSR count). The molecule has 0 spiro atoms. The lowest BCUT2D eigenvalue weighted by molar-refractivity contribution is 1.08. The first-order valence-electron chi connectivity index (χ1n) is 3.03. The summed E-state index contributed by atoms with van der Waals surface area (Å²) in [5, 5.41) is 0. The molecule has 0 aromatic heterocycles. The molecule has 0 aliphatic heterocycles. The maximum absolute atomic E-state index is 4.25. The Kier molecular flexibility index (Phi) is 2.17. The molecule has 0 atom stereocenters. The molecule has 0 fully saturated rings. The van der Waals surface area contributed by atoms with Crippen LogP contribution in [-0.4, -0.2) is 0 Å². The highest BCUT2D eigenvalue weighted by Crippen LogP contribution is 2.11. The number of thiol groups is 1. The van der Waals surface area contributed by atoms with Crippen LogP contribution in [0.4, 0.5) is 0 Å². The summed E-state index contributed by atoms with van der Waals surface area (Å²) in [5.41, 5.74) is 1.20. The first kappa shape index (κ1) is 6.69. The van der Waals surface area contributed by atoms with Crippen molar-refractivity contribution in [2.75, 3.05) is 0 Å². The predicted octanol–water partition coefficient (Wildman–Crippen LogP) is 2.34. The lowest BCUT2D eigenvalue weighted by atomic mass is 10.2. The Labute approximate surface area is 61.3 Å². The van der Waals surface area contributed by atoms with Crippen LogP contribution >= 0.6 is 12.6 Å². The average molecular weight is 137 g/mol. The first-order valence-corrected chi connectivity index (χ1v) is 3.48. The molecule has 0 aliphatic carbocycles. The van der Waals surface area contributed by atoms with Crippen molar-refractivity contribution in [1.29, 1.82) is 0 Å². The van der Waals surface area contributed by atoms with Gasteiger partial charge in [0.05, 0.1) is 0 Å². The van der Waals surface area contributed by atoms with E-state index in [-0.39, 0.29) is 0 Å². The van der Waals surface area contributed by atoms with E-state index in [2.05, 4.69) is 25.6 Å². The van der Waals surface area contributed by atoms with Crippen LogP contribution in [0.5, 0.6) is 0 Å². The third-order valence-electron chi connectivity index (χ3n) is 1.27. The quantitative estimate of drug-likeness (QED) is 0.564. The minimum absolute atomic E-state index is 1.01. The van der Waals surface area contributed by atoms with Crippen molar-refractivity contribution >= 4 is 12.6 Å². The van der Waals surface area contributed by atoms with E-state index < -0.39 is 0 Å². The van der Waals surface area contributed by atoms with Crippen LogP contribution in [0.15, 0.2) is 23.1 Å². The van der Waals surface area contributed by atoms with Crippen molar-refractivity contribution in [2.24, 2.45) is 0 Å². The second-order valence-corrected chi connectivity index (χ2v) is 2.37. The SMILES string of the molecule is CCc1[c]cccc1S. The van der Waals surface area contributed by atoms with Crippen molar-refractivity contribution in [3.8, 4) is 0 Å². The summed E-state index contributed by atoms with van der Waals surface area (Å²) in [4.78, 5) is 1.04. The van der Waals surface area contributed by atoms with Gasteiger partial charge < -0.3 is 0 Å². The fourth-order valence-electron chi connectivity index (χ4n) is 0.746. The van der Waals surface area contributed by atoms with E-state index in [0.29, 0.717) is 0 Å².